The van der Waals surface area contributed by atoms with Crippen LogP contribution in [0.15, 0.2) is 18.2 Å². The van der Waals surface area contributed by atoms with Crippen LogP contribution in [0.2, 0.25) is 5.02 Å². The van der Waals surface area contributed by atoms with Crippen LogP contribution >= 0.6 is 11.6 Å². The maximum atomic E-state index is 10.7. The summed E-state index contributed by atoms with van der Waals surface area (Å²) >= 11 is 5.83. The molecule has 0 fully saturated rings. The van der Waals surface area contributed by atoms with Crippen molar-refractivity contribution in [3.05, 3.63) is 28.8 Å². The molecule has 0 aliphatic carbocycles. The van der Waals surface area contributed by atoms with Gasteiger partial charge in [-0.2, -0.15) is 13.6 Å². The first kappa shape index (κ1) is 12.3. The Bertz CT molecular complexity index is 456. The standard InChI is InChI=1S/C9H12ClNO3S/c1-6(2)7-3-4-9(8(10)5-7)14-15(11,12)13/h3-6H,1-2H3,(H2,11,12,13). The molecule has 0 amide bonds. The molecule has 0 heterocycles. The summed E-state index contributed by atoms with van der Waals surface area (Å²) in [5.74, 6) is 0.356. The van der Waals surface area contributed by atoms with E-state index in [1.807, 2.05) is 13.8 Å². The zero-order chi connectivity index (χ0) is 11.6. The second-order valence-corrected chi connectivity index (χ2v) is 4.98. The van der Waals surface area contributed by atoms with Crippen LogP contribution in [0.3, 0.4) is 0 Å². The van der Waals surface area contributed by atoms with Crippen molar-refractivity contribution in [2.45, 2.75) is 19.8 Å². The van der Waals surface area contributed by atoms with Crippen LogP contribution in [0.1, 0.15) is 25.3 Å². The molecule has 6 heteroatoms. The lowest BCUT2D eigenvalue weighted by Crippen LogP contribution is -2.19. The zero-order valence-electron chi connectivity index (χ0n) is 8.40. The first-order chi connectivity index (χ1) is 6.79. The molecule has 0 saturated heterocycles. The van der Waals surface area contributed by atoms with Crippen molar-refractivity contribution < 1.29 is 12.6 Å². The summed E-state index contributed by atoms with van der Waals surface area (Å²) in [4.78, 5) is 0. The van der Waals surface area contributed by atoms with E-state index in [2.05, 4.69) is 4.18 Å². The third-order valence-electron chi connectivity index (χ3n) is 1.83. The first-order valence-corrected chi connectivity index (χ1v) is 6.16. The Balaban J connectivity index is 3.04. The molecule has 0 radical (unpaired) electrons. The van der Waals surface area contributed by atoms with E-state index in [0.717, 1.165) is 5.56 Å². The fourth-order valence-electron chi connectivity index (χ4n) is 1.07. The first-order valence-electron chi connectivity index (χ1n) is 4.31. The van der Waals surface area contributed by atoms with Gasteiger partial charge in [0.25, 0.3) is 0 Å². The Morgan fingerprint density at radius 3 is 2.40 bits per heavy atom. The van der Waals surface area contributed by atoms with E-state index in [1.54, 1.807) is 12.1 Å². The minimum Gasteiger partial charge on any atom is -0.369 e. The topological polar surface area (TPSA) is 69.4 Å². The van der Waals surface area contributed by atoms with Crippen molar-refractivity contribution in [1.82, 2.24) is 0 Å². The summed E-state index contributed by atoms with van der Waals surface area (Å²) in [7, 11) is -4.02. The fourth-order valence-corrected chi connectivity index (χ4v) is 1.74. The lowest BCUT2D eigenvalue weighted by atomic mass is 10.0. The quantitative estimate of drug-likeness (QED) is 0.891. The van der Waals surface area contributed by atoms with Crippen LogP contribution in [-0.4, -0.2) is 8.42 Å². The second-order valence-electron chi connectivity index (χ2n) is 3.42. The molecule has 1 rings (SSSR count). The SMILES string of the molecule is CC(C)c1ccc(OS(N)(=O)=O)c(Cl)c1. The van der Waals surface area contributed by atoms with Gasteiger partial charge >= 0.3 is 10.3 Å². The Hall–Kier alpha value is -0.780. The van der Waals surface area contributed by atoms with Gasteiger partial charge in [-0.25, -0.2) is 0 Å². The summed E-state index contributed by atoms with van der Waals surface area (Å²) in [6, 6.07) is 4.89. The highest BCUT2D eigenvalue weighted by Crippen LogP contribution is 2.28. The maximum absolute atomic E-state index is 10.7. The predicted molar refractivity (Wildman–Crippen MR) is 59.3 cm³/mol. The lowest BCUT2D eigenvalue weighted by Gasteiger charge is -2.09. The number of nitrogens with two attached hydrogens (primary N) is 1. The molecule has 0 bridgehead atoms. The Labute approximate surface area is 94.3 Å². The van der Waals surface area contributed by atoms with Gasteiger partial charge in [0.2, 0.25) is 0 Å². The van der Waals surface area contributed by atoms with Crippen LogP contribution in [0.4, 0.5) is 0 Å². The van der Waals surface area contributed by atoms with Crippen LogP contribution in [0.5, 0.6) is 5.75 Å². The molecule has 1 aromatic carbocycles. The molecule has 84 valence electrons. The van der Waals surface area contributed by atoms with Gasteiger partial charge in [0, 0.05) is 0 Å². The largest absolute Gasteiger partial charge is 0.380 e. The van der Waals surface area contributed by atoms with Crippen LogP contribution in [0.25, 0.3) is 0 Å². The van der Waals surface area contributed by atoms with Gasteiger partial charge in [0.15, 0.2) is 5.75 Å². The molecule has 4 nitrogen and oxygen atoms in total. The van der Waals surface area contributed by atoms with Gasteiger partial charge < -0.3 is 4.18 Å². The molecule has 0 aromatic heterocycles. The molecule has 0 aliphatic heterocycles. The van der Waals surface area contributed by atoms with E-state index in [4.69, 9.17) is 16.7 Å². The third-order valence-corrected chi connectivity index (χ3v) is 2.54. The molecule has 2 N–H and O–H groups in total. The van der Waals surface area contributed by atoms with E-state index in [0.29, 0.717) is 5.92 Å². The molecule has 0 unspecified atom stereocenters. The summed E-state index contributed by atoms with van der Waals surface area (Å²) < 4.78 is 25.8. The minimum absolute atomic E-state index is 0.0450. The highest BCUT2D eigenvalue weighted by Gasteiger charge is 2.10. The van der Waals surface area contributed by atoms with Crippen molar-refractivity contribution >= 4 is 21.9 Å². The molecule has 0 atom stereocenters. The number of rotatable bonds is 3. The van der Waals surface area contributed by atoms with Crippen LogP contribution in [-0.2, 0) is 10.3 Å². The summed E-state index contributed by atoms with van der Waals surface area (Å²) in [5, 5.41) is 4.96. The highest BCUT2D eigenvalue weighted by atomic mass is 35.5. The Morgan fingerprint density at radius 2 is 2.00 bits per heavy atom. The molecular weight excluding hydrogens is 238 g/mol. The number of hydrogen-bond donors (Lipinski definition) is 1. The Kier molecular flexibility index (Phi) is 3.59. The lowest BCUT2D eigenvalue weighted by molar-refractivity contribution is 0.487. The normalized spacial score (nSPS) is 11.8. The van der Waals surface area contributed by atoms with E-state index >= 15 is 0 Å². The number of halogens is 1. The molecule has 1 aromatic rings. The van der Waals surface area contributed by atoms with E-state index in [-0.39, 0.29) is 10.8 Å². The molecule has 0 spiro atoms. The maximum Gasteiger partial charge on any atom is 0.380 e. The average Bonchev–Trinajstić information content (AvgIpc) is 2.05. The highest BCUT2D eigenvalue weighted by molar-refractivity contribution is 7.84. The summed E-state index contributed by atoms with van der Waals surface area (Å²) in [5.41, 5.74) is 1.00. The van der Waals surface area contributed by atoms with E-state index < -0.39 is 10.3 Å². The summed E-state index contributed by atoms with van der Waals surface area (Å²) in [6.45, 7) is 4.01. The van der Waals surface area contributed by atoms with Crippen molar-refractivity contribution in [3.63, 3.8) is 0 Å². The molecule has 0 aliphatic rings. The van der Waals surface area contributed by atoms with Crippen LogP contribution < -0.4 is 9.32 Å². The van der Waals surface area contributed by atoms with Gasteiger partial charge in [-0.15, -0.1) is 0 Å². The van der Waals surface area contributed by atoms with Gasteiger partial charge in [0.05, 0.1) is 5.02 Å². The minimum atomic E-state index is -4.02. The van der Waals surface area contributed by atoms with Crippen molar-refractivity contribution in [3.8, 4) is 5.75 Å². The predicted octanol–water partition coefficient (Wildman–Crippen LogP) is 2.05. The van der Waals surface area contributed by atoms with Gasteiger partial charge in [-0.1, -0.05) is 31.5 Å². The molecule has 0 saturated carbocycles. The third kappa shape index (κ3) is 3.70. The van der Waals surface area contributed by atoms with E-state index in [9.17, 15) is 8.42 Å². The van der Waals surface area contributed by atoms with Crippen molar-refractivity contribution in [1.29, 1.82) is 0 Å². The zero-order valence-corrected chi connectivity index (χ0v) is 9.97. The monoisotopic (exact) mass is 249 g/mol. The van der Waals surface area contributed by atoms with Crippen molar-refractivity contribution in [2.24, 2.45) is 5.14 Å². The molecular formula is C9H12ClNO3S. The molecule has 15 heavy (non-hydrogen) atoms. The fraction of sp³-hybridized carbons (Fsp3) is 0.333. The number of hydrogen-bond acceptors (Lipinski definition) is 3. The van der Waals surface area contributed by atoms with Crippen molar-refractivity contribution in [2.75, 3.05) is 0 Å². The van der Waals surface area contributed by atoms with Gasteiger partial charge in [-0.05, 0) is 23.6 Å². The van der Waals surface area contributed by atoms with E-state index in [1.165, 1.54) is 6.07 Å². The smallest absolute Gasteiger partial charge is 0.369 e. The Morgan fingerprint density at radius 1 is 1.40 bits per heavy atom. The number of benzene rings is 1. The van der Waals surface area contributed by atoms with Crippen LogP contribution in [0, 0.1) is 0 Å². The second kappa shape index (κ2) is 4.38. The summed E-state index contributed by atoms with van der Waals surface area (Å²) in [6.07, 6.45) is 0. The average molecular weight is 250 g/mol. The van der Waals surface area contributed by atoms with Gasteiger partial charge in [-0.3, -0.25) is 0 Å². The van der Waals surface area contributed by atoms with Gasteiger partial charge in [0.1, 0.15) is 0 Å².